The monoisotopic (exact) mass is 483 g/mol. The predicted octanol–water partition coefficient (Wildman–Crippen LogP) is 3.59. The minimum Gasteiger partial charge on any atom is -0.496 e. The van der Waals surface area contributed by atoms with E-state index < -0.39 is 6.10 Å². The molecule has 0 bridgehead atoms. The average Bonchev–Trinajstić information content (AvgIpc) is 2.85. The number of esters is 1. The molecule has 0 unspecified atom stereocenters. The van der Waals surface area contributed by atoms with Crippen LogP contribution in [-0.2, 0) is 22.4 Å². The topological polar surface area (TPSA) is 114 Å². The number of aromatic nitrogens is 1. The SMILES string of the molecule is CCOC(=O)CCc1ccc(OC[C@@H](O)CNC(C)(C)CCCc2ccccc2OC)c(C#N)n1. The van der Waals surface area contributed by atoms with Gasteiger partial charge in [-0.1, -0.05) is 18.2 Å². The third-order valence-corrected chi connectivity index (χ3v) is 5.60. The number of para-hydroxylation sites is 1. The first kappa shape index (κ1) is 28.1. The van der Waals surface area contributed by atoms with Crippen LogP contribution >= 0.6 is 0 Å². The molecule has 8 heteroatoms. The van der Waals surface area contributed by atoms with E-state index in [2.05, 4.69) is 30.2 Å². The number of aliphatic hydroxyl groups excluding tert-OH is 1. The molecule has 0 spiro atoms. The minimum absolute atomic E-state index is 0.0306. The van der Waals surface area contributed by atoms with Gasteiger partial charge in [0, 0.05) is 24.2 Å². The molecule has 2 aromatic rings. The van der Waals surface area contributed by atoms with Crippen molar-refractivity contribution >= 4 is 5.97 Å². The van der Waals surface area contributed by atoms with Gasteiger partial charge in [0.15, 0.2) is 11.4 Å². The summed E-state index contributed by atoms with van der Waals surface area (Å²) in [6.07, 6.45) is 2.65. The zero-order valence-corrected chi connectivity index (χ0v) is 21.2. The third kappa shape index (κ3) is 9.93. The molecule has 8 nitrogen and oxygen atoms in total. The first-order chi connectivity index (χ1) is 16.8. The maximum atomic E-state index is 11.5. The molecule has 1 aromatic carbocycles. The molecule has 0 aliphatic heterocycles. The second kappa shape index (κ2) is 14.3. The van der Waals surface area contributed by atoms with Gasteiger partial charge in [-0.05, 0) is 63.8 Å². The van der Waals surface area contributed by atoms with Crippen LogP contribution in [0.3, 0.4) is 0 Å². The van der Waals surface area contributed by atoms with Crippen LogP contribution in [0.15, 0.2) is 36.4 Å². The van der Waals surface area contributed by atoms with E-state index in [4.69, 9.17) is 14.2 Å². The van der Waals surface area contributed by atoms with Crippen LogP contribution < -0.4 is 14.8 Å². The molecule has 0 aliphatic carbocycles. The van der Waals surface area contributed by atoms with Crippen LogP contribution in [-0.4, -0.2) is 54.6 Å². The summed E-state index contributed by atoms with van der Waals surface area (Å²) in [5.41, 5.74) is 1.76. The molecule has 2 rings (SSSR count). The Balaban J connectivity index is 1.77. The van der Waals surface area contributed by atoms with Crippen LogP contribution in [0.2, 0.25) is 0 Å². The number of benzene rings is 1. The number of aryl methyl sites for hydroxylation is 2. The first-order valence-electron chi connectivity index (χ1n) is 12.0. The average molecular weight is 484 g/mol. The Morgan fingerprint density at radius 2 is 1.97 bits per heavy atom. The summed E-state index contributed by atoms with van der Waals surface area (Å²) >= 11 is 0. The number of pyridine rings is 1. The van der Waals surface area contributed by atoms with E-state index >= 15 is 0 Å². The van der Waals surface area contributed by atoms with Crippen LogP contribution in [0.25, 0.3) is 0 Å². The van der Waals surface area contributed by atoms with Gasteiger partial charge in [0.05, 0.1) is 20.1 Å². The van der Waals surface area contributed by atoms with Crippen molar-refractivity contribution < 1.29 is 24.1 Å². The highest BCUT2D eigenvalue weighted by molar-refractivity contribution is 5.69. The second-order valence-corrected chi connectivity index (χ2v) is 8.96. The summed E-state index contributed by atoms with van der Waals surface area (Å²) in [6.45, 7) is 6.69. The van der Waals surface area contributed by atoms with Gasteiger partial charge in [0.2, 0.25) is 0 Å². The molecule has 1 atom stereocenters. The van der Waals surface area contributed by atoms with Crippen LogP contribution in [0.4, 0.5) is 0 Å². The Labute approximate surface area is 208 Å². The molecule has 0 saturated heterocycles. The number of aliphatic hydroxyl groups is 1. The molecule has 0 aliphatic rings. The minimum atomic E-state index is -0.751. The smallest absolute Gasteiger partial charge is 0.306 e. The molecule has 35 heavy (non-hydrogen) atoms. The van der Waals surface area contributed by atoms with E-state index in [1.165, 1.54) is 5.56 Å². The highest BCUT2D eigenvalue weighted by atomic mass is 16.5. The number of nitrogens with one attached hydrogen (secondary N) is 1. The zero-order valence-electron chi connectivity index (χ0n) is 21.2. The molecule has 0 fully saturated rings. The maximum absolute atomic E-state index is 11.5. The van der Waals surface area contributed by atoms with Crippen molar-refractivity contribution in [3.63, 3.8) is 0 Å². The lowest BCUT2D eigenvalue weighted by molar-refractivity contribution is -0.143. The fraction of sp³-hybridized carbons (Fsp3) is 0.519. The predicted molar refractivity (Wildman–Crippen MR) is 133 cm³/mol. The maximum Gasteiger partial charge on any atom is 0.306 e. The highest BCUT2D eigenvalue weighted by Gasteiger charge is 2.19. The van der Waals surface area contributed by atoms with Crippen molar-refractivity contribution in [2.24, 2.45) is 0 Å². The number of carbonyl (C=O) groups is 1. The Bertz CT molecular complexity index is 987. The second-order valence-electron chi connectivity index (χ2n) is 8.96. The molecule has 1 heterocycles. The number of carbonyl (C=O) groups excluding carboxylic acids is 1. The number of hydrogen-bond acceptors (Lipinski definition) is 8. The lowest BCUT2D eigenvalue weighted by Gasteiger charge is -2.28. The van der Waals surface area contributed by atoms with E-state index in [1.54, 1.807) is 26.2 Å². The van der Waals surface area contributed by atoms with Crippen molar-refractivity contribution in [1.29, 1.82) is 5.26 Å². The summed E-state index contributed by atoms with van der Waals surface area (Å²) in [7, 11) is 1.68. The number of methoxy groups -OCH3 is 1. The van der Waals surface area contributed by atoms with Gasteiger partial charge >= 0.3 is 5.97 Å². The fourth-order valence-corrected chi connectivity index (χ4v) is 3.64. The normalized spacial score (nSPS) is 12.0. The Morgan fingerprint density at radius 3 is 2.69 bits per heavy atom. The third-order valence-electron chi connectivity index (χ3n) is 5.60. The molecule has 2 N–H and O–H groups in total. The molecule has 0 radical (unpaired) electrons. The molecule has 1 aromatic heterocycles. The molecule has 190 valence electrons. The van der Waals surface area contributed by atoms with Gasteiger partial charge in [0.1, 0.15) is 24.5 Å². The highest BCUT2D eigenvalue weighted by Crippen LogP contribution is 2.22. The largest absolute Gasteiger partial charge is 0.496 e. The van der Waals surface area contributed by atoms with Gasteiger partial charge in [-0.2, -0.15) is 5.26 Å². The van der Waals surface area contributed by atoms with Gasteiger partial charge in [-0.15, -0.1) is 0 Å². The number of nitriles is 1. The Kier molecular flexibility index (Phi) is 11.5. The van der Waals surface area contributed by atoms with Gasteiger partial charge in [-0.3, -0.25) is 4.79 Å². The summed E-state index contributed by atoms with van der Waals surface area (Å²) in [6, 6.07) is 13.4. The van der Waals surface area contributed by atoms with Crippen LogP contribution in [0.5, 0.6) is 11.5 Å². The van der Waals surface area contributed by atoms with Crippen molar-refractivity contribution in [3.05, 3.63) is 53.3 Å². The van der Waals surface area contributed by atoms with Crippen LogP contribution in [0.1, 0.15) is 57.0 Å². The number of β-amino-alcohol motifs (C(OH)–C–C–N with tert-alkyl or cyclic N) is 1. The fourth-order valence-electron chi connectivity index (χ4n) is 3.64. The van der Waals surface area contributed by atoms with Gasteiger partial charge in [-0.25, -0.2) is 4.98 Å². The molecule has 0 amide bonds. The number of hydrogen-bond donors (Lipinski definition) is 2. The van der Waals surface area contributed by atoms with Crippen molar-refractivity contribution in [3.8, 4) is 17.6 Å². The number of ether oxygens (including phenoxy) is 3. The van der Waals surface area contributed by atoms with E-state index in [0.29, 0.717) is 31.0 Å². The summed E-state index contributed by atoms with van der Waals surface area (Å²) in [5, 5.41) is 23.2. The zero-order chi connectivity index (χ0) is 25.7. The standard InChI is InChI=1S/C27H37N3O5/c1-5-34-26(32)15-13-21-12-14-25(23(17-28)30-21)35-19-22(31)18-29-27(2,3)16-8-10-20-9-6-7-11-24(20)33-4/h6-7,9,11-12,14,22,29,31H,5,8,10,13,15-16,18-19H2,1-4H3/t22-/m0/s1. The van der Waals surface area contributed by atoms with E-state index in [0.717, 1.165) is 25.0 Å². The summed E-state index contributed by atoms with van der Waals surface area (Å²) in [5.74, 6) is 0.915. The Morgan fingerprint density at radius 1 is 1.20 bits per heavy atom. The Hall–Kier alpha value is -3.15. The van der Waals surface area contributed by atoms with E-state index in [1.807, 2.05) is 24.3 Å². The lowest BCUT2D eigenvalue weighted by Crippen LogP contribution is -2.44. The number of nitrogens with zero attached hydrogens (tertiary/aromatic N) is 2. The van der Waals surface area contributed by atoms with Crippen molar-refractivity contribution in [1.82, 2.24) is 10.3 Å². The molecule has 0 saturated carbocycles. The molecular formula is C27H37N3O5. The van der Waals surface area contributed by atoms with E-state index in [9.17, 15) is 15.2 Å². The van der Waals surface area contributed by atoms with Crippen molar-refractivity contribution in [2.75, 3.05) is 26.9 Å². The number of rotatable bonds is 15. The van der Waals surface area contributed by atoms with E-state index in [-0.39, 0.29) is 30.2 Å². The summed E-state index contributed by atoms with van der Waals surface area (Å²) in [4.78, 5) is 15.8. The lowest BCUT2D eigenvalue weighted by atomic mass is 9.95. The summed E-state index contributed by atoms with van der Waals surface area (Å²) < 4.78 is 16.0. The quantitative estimate of drug-likeness (QED) is 0.370. The van der Waals surface area contributed by atoms with Crippen molar-refractivity contribution in [2.45, 2.75) is 64.5 Å². The van der Waals surface area contributed by atoms with Gasteiger partial charge < -0.3 is 24.6 Å². The first-order valence-corrected chi connectivity index (χ1v) is 12.0. The molecular weight excluding hydrogens is 446 g/mol. The van der Waals surface area contributed by atoms with Gasteiger partial charge in [0.25, 0.3) is 0 Å². The van der Waals surface area contributed by atoms with Crippen LogP contribution in [0, 0.1) is 11.3 Å².